The van der Waals surface area contributed by atoms with Crippen LogP contribution in [0.25, 0.3) is 0 Å². The van der Waals surface area contributed by atoms with E-state index in [1.54, 1.807) is 6.20 Å². The molecule has 0 bridgehead atoms. The van der Waals surface area contributed by atoms with Gasteiger partial charge < -0.3 is 5.73 Å². The lowest BCUT2D eigenvalue weighted by atomic mass is 9.82. The molecule has 1 fully saturated rings. The smallest absolute Gasteiger partial charge is 0.0621 e. The predicted octanol–water partition coefficient (Wildman–Crippen LogP) is 2.80. The molecule has 1 saturated carbocycles. The maximum absolute atomic E-state index is 6.09. The van der Waals surface area contributed by atoms with Gasteiger partial charge in [0.1, 0.15) is 0 Å². The molecule has 1 aliphatic carbocycles. The summed E-state index contributed by atoms with van der Waals surface area (Å²) in [6.07, 6.45) is 9.44. The fourth-order valence-corrected chi connectivity index (χ4v) is 2.60. The number of hydrogen-bond donors (Lipinski definition) is 1. The molecule has 2 rings (SSSR count). The van der Waals surface area contributed by atoms with Crippen molar-refractivity contribution in [2.75, 3.05) is 0 Å². The van der Waals surface area contributed by atoms with E-state index in [2.05, 4.69) is 4.98 Å². The molecule has 1 aromatic heterocycles. The molecule has 1 heterocycles. The molecule has 2 unspecified atom stereocenters. The van der Waals surface area contributed by atoms with Gasteiger partial charge in [-0.3, -0.25) is 4.98 Å². The molecule has 3 heteroatoms. The quantitative estimate of drug-likeness (QED) is 0.839. The van der Waals surface area contributed by atoms with E-state index < -0.39 is 0 Å². The minimum Gasteiger partial charge on any atom is -0.328 e. The Bertz CT molecular complexity index is 327. The Morgan fingerprint density at radius 1 is 1.47 bits per heavy atom. The summed E-state index contributed by atoms with van der Waals surface area (Å²) in [6.45, 7) is 0. The Labute approximate surface area is 95.8 Å². The van der Waals surface area contributed by atoms with Crippen LogP contribution >= 0.6 is 11.6 Å². The highest BCUT2D eigenvalue weighted by molar-refractivity contribution is 6.31. The first-order valence-electron chi connectivity index (χ1n) is 5.59. The first-order chi connectivity index (χ1) is 7.25. The van der Waals surface area contributed by atoms with Crippen molar-refractivity contribution in [1.82, 2.24) is 4.98 Å². The zero-order chi connectivity index (χ0) is 10.7. The average molecular weight is 225 g/mol. The Balaban J connectivity index is 1.99. The highest BCUT2D eigenvalue weighted by Crippen LogP contribution is 2.28. The molecule has 0 amide bonds. The van der Waals surface area contributed by atoms with Gasteiger partial charge in [0.05, 0.1) is 5.02 Å². The second kappa shape index (κ2) is 4.95. The third kappa shape index (κ3) is 2.93. The van der Waals surface area contributed by atoms with Crippen LogP contribution in [-0.2, 0) is 6.42 Å². The first kappa shape index (κ1) is 10.9. The molecule has 1 aromatic rings. The Kier molecular flexibility index (Phi) is 3.60. The summed E-state index contributed by atoms with van der Waals surface area (Å²) in [5, 5.41) is 0.789. The molecule has 2 nitrogen and oxygen atoms in total. The summed E-state index contributed by atoms with van der Waals surface area (Å²) in [5.41, 5.74) is 7.19. The zero-order valence-electron chi connectivity index (χ0n) is 8.82. The zero-order valence-corrected chi connectivity index (χ0v) is 9.58. The molecule has 1 aliphatic rings. The van der Waals surface area contributed by atoms with Crippen LogP contribution in [0.5, 0.6) is 0 Å². The van der Waals surface area contributed by atoms with Crippen molar-refractivity contribution in [1.29, 1.82) is 0 Å². The second-order valence-electron chi connectivity index (χ2n) is 4.46. The number of pyridine rings is 1. The number of halogens is 1. The van der Waals surface area contributed by atoms with E-state index in [-0.39, 0.29) is 0 Å². The number of aromatic nitrogens is 1. The van der Waals surface area contributed by atoms with Crippen molar-refractivity contribution < 1.29 is 0 Å². The maximum atomic E-state index is 6.09. The van der Waals surface area contributed by atoms with Crippen LogP contribution in [0.2, 0.25) is 5.02 Å². The van der Waals surface area contributed by atoms with Crippen LogP contribution in [-0.4, -0.2) is 11.0 Å². The SMILES string of the molecule is NC1CCCC(Cc2ccncc2Cl)C1. The van der Waals surface area contributed by atoms with Gasteiger partial charge in [-0.25, -0.2) is 0 Å². The van der Waals surface area contributed by atoms with E-state index >= 15 is 0 Å². The van der Waals surface area contributed by atoms with E-state index in [9.17, 15) is 0 Å². The van der Waals surface area contributed by atoms with Gasteiger partial charge in [0, 0.05) is 18.4 Å². The molecular weight excluding hydrogens is 208 g/mol. The van der Waals surface area contributed by atoms with Crippen LogP contribution in [0.3, 0.4) is 0 Å². The van der Waals surface area contributed by atoms with E-state index in [1.807, 2.05) is 12.3 Å². The van der Waals surface area contributed by atoms with Gasteiger partial charge >= 0.3 is 0 Å². The largest absolute Gasteiger partial charge is 0.328 e. The summed E-state index contributed by atoms with van der Waals surface area (Å²) < 4.78 is 0. The normalized spacial score (nSPS) is 26.5. The second-order valence-corrected chi connectivity index (χ2v) is 4.87. The molecule has 2 N–H and O–H groups in total. The highest BCUT2D eigenvalue weighted by atomic mass is 35.5. The van der Waals surface area contributed by atoms with Gasteiger partial charge in [-0.1, -0.05) is 24.4 Å². The molecule has 0 spiro atoms. The molecule has 0 aromatic carbocycles. The first-order valence-corrected chi connectivity index (χ1v) is 5.97. The van der Waals surface area contributed by atoms with Gasteiger partial charge in [0.2, 0.25) is 0 Å². The fourth-order valence-electron chi connectivity index (χ4n) is 2.40. The maximum Gasteiger partial charge on any atom is 0.0621 e. The Hall–Kier alpha value is -0.600. The Morgan fingerprint density at radius 3 is 3.07 bits per heavy atom. The number of hydrogen-bond acceptors (Lipinski definition) is 2. The van der Waals surface area contributed by atoms with Crippen molar-refractivity contribution in [3.63, 3.8) is 0 Å². The molecule has 0 radical (unpaired) electrons. The van der Waals surface area contributed by atoms with Gasteiger partial charge in [0.25, 0.3) is 0 Å². The average Bonchev–Trinajstić information content (AvgIpc) is 2.22. The lowest BCUT2D eigenvalue weighted by Gasteiger charge is -2.26. The molecule has 0 aliphatic heterocycles. The molecule has 82 valence electrons. The van der Waals surface area contributed by atoms with Crippen LogP contribution in [0.4, 0.5) is 0 Å². The van der Waals surface area contributed by atoms with Gasteiger partial charge in [-0.05, 0) is 36.8 Å². The highest BCUT2D eigenvalue weighted by Gasteiger charge is 2.20. The summed E-state index contributed by atoms with van der Waals surface area (Å²) in [7, 11) is 0. The molecular formula is C12H17ClN2. The van der Waals surface area contributed by atoms with Gasteiger partial charge in [-0.15, -0.1) is 0 Å². The minimum absolute atomic E-state index is 0.393. The number of nitrogens with zero attached hydrogens (tertiary/aromatic N) is 1. The fraction of sp³-hybridized carbons (Fsp3) is 0.583. The van der Waals surface area contributed by atoms with Crippen LogP contribution < -0.4 is 5.73 Å². The standard InChI is InChI=1S/C12H17ClN2/c13-12-8-15-5-4-10(12)6-9-2-1-3-11(14)7-9/h4-5,8-9,11H,1-3,6-7,14H2. The number of rotatable bonds is 2. The van der Waals surface area contributed by atoms with Gasteiger partial charge in [-0.2, -0.15) is 0 Å². The summed E-state index contributed by atoms with van der Waals surface area (Å²) in [6, 6.07) is 2.41. The summed E-state index contributed by atoms with van der Waals surface area (Å²) in [5.74, 6) is 0.702. The number of nitrogens with two attached hydrogens (primary N) is 1. The molecule has 0 saturated heterocycles. The van der Waals surface area contributed by atoms with E-state index in [0.29, 0.717) is 12.0 Å². The van der Waals surface area contributed by atoms with Crippen LogP contribution in [0.1, 0.15) is 31.2 Å². The third-order valence-corrected chi connectivity index (χ3v) is 3.53. The monoisotopic (exact) mass is 224 g/mol. The summed E-state index contributed by atoms with van der Waals surface area (Å²) >= 11 is 6.09. The topological polar surface area (TPSA) is 38.9 Å². The minimum atomic E-state index is 0.393. The van der Waals surface area contributed by atoms with Crippen LogP contribution in [0.15, 0.2) is 18.5 Å². The third-order valence-electron chi connectivity index (χ3n) is 3.19. The van der Waals surface area contributed by atoms with Crippen molar-refractivity contribution in [3.8, 4) is 0 Å². The lowest BCUT2D eigenvalue weighted by Crippen LogP contribution is -2.28. The van der Waals surface area contributed by atoms with Crippen molar-refractivity contribution in [2.24, 2.45) is 11.7 Å². The van der Waals surface area contributed by atoms with Crippen molar-refractivity contribution >= 4 is 11.6 Å². The Morgan fingerprint density at radius 2 is 2.33 bits per heavy atom. The van der Waals surface area contributed by atoms with E-state index in [4.69, 9.17) is 17.3 Å². The van der Waals surface area contributed by atoms with E-state index in [0.717, 1.165) is 17.9 Å². The van der Waals surface area contributed by atoms with Gasteiger partial charge in [0.15, 0.2) is 0 Å². The van der Waals surface area contributed by atoms with E-state index in [1.165, 1.54) is 24.8 Å². The lowest BCUT2D eigenvalue weighted by molar-refractivity contribution is 0.321. The summed E-state index contributed by atoms with van der Waals surface area (Å²) in [4.78, 5) is 4.00. The van der Waals surface area contributed by atoms with Crippen LogP contribution in [0, 0.1) is 5.92 Å². The predicted molar refractivity (Wildman–Crippen MR) is 62.9 cm³/mol. The van der Waals surface area contributed by atoms with Crippen molar-refractivity contribution in [2.45, 2.75) is 38.1 Å². The van der Waals surface area contributed by atoms with Crippen molar-refractivity contribution in [3.05, 3.63) is 29.0 Å². The molecule has 15 heavy (non-hydrogen) atoms. The molecule has 2 atom stereocenters.